The largest absolute Gasteiger partial charge is 0.399 e. The van der Waals surface area contributed by atoms with Crippen molar-refractivity contribution in [3.8, 4) is 0 Å². The van der Waals surface area contributed by atoms with Gasteiger partial charge in [0.1, 0.15) is 0 Å². The van der Waals surface area contributed by atoms with Crippen LogP contribution in [0.4, 0.5) is 5.69 Å². The van der Waals surface area contributed by atoms with Gasteiger partial charge in [0.15, 0.2) is 5.78 Å². The van der Waals surface area contributed by atoms with E-state index in [-0.39, 0.29) is 30.6 Å². The number of fused-ring (bicyclic) bond motifs is 1. The van der Waals surface area contributed by atoms with Crippen molar-refractivity contribution in [1.82, 2.24) is 5.32 Å². The molecule has 24 heavy (non-hydrogen) atoms. The second kappa shape index (κ2) is 7.30. The van der Waals surface area contributed by atoms with Crippen LogP contribution in [0.25, 0.3) is 0 Å². The van der Waals surface area contributed by atoms with Crippen molar-refractivity contribution >= 4 is 17.4 Å². The lowest BCUT2D eigenvalue weighted by Crippen LogP contribution is -2.31. The molecule has 0 radical (unpaired) electrons. The van der Waals surface area contributed by atoms with Crippen LogP contribution in [0.5, 0.6) is 0 Å². The summed E-state index contributed by atoms with van der Waals surface area (Å²) in [6.45, 7) is 0. The summed E-state index contributed by atoms with van der Waals surface area (Å²) in [6, 6.07) is 15.0. The van der Waals surface area contributed by atoms with E-state index in [1.54, 1.807) is 12.1 Å². The molecule has 1 aliphatic carbocycles. The smallest absolute Gasteiger partial charge is 0.220 e. The molecule has 2 aromatic carbocycles. The molecule has 1 aliphatic rings. The first-order valence-electron chi connectivity index (χ1n) is 8.39. The van der Waals surface area contributed by atoms with Crippen molar-refractivity contribution in [2.75, 3.05) is 5.73 Å². The number of hydrogen-bond donors (Lipinski definition) is 2. The third-order valence-corrected chi connectivity index (χ3v) is 4.49. The molecule has 0 fully saturated rings. The number of nitrogens with one attached hydrogen (secondary N) is 1. The predicted molar refractivity (Wildman–Crippen MR) is 94.7 cm³/mol. The van der Waals surface area contributed by atoms with E-state index in [9.17, 15) is 9.59 Å². The van der Waals surface area contributed by atoms with Crippen molar-refractivity contribution in [2.45, 2.75) is 38.1 Å². The first-order chi connectivity index (χ1) is 11.6. The van der Waals surface area contributed by atoms with Crippen molar-refractivity contribution in [1.29, 1.82) is 0 Å². The summed E-state index contributed by atoms with van der Waals surface area (Å²) in [7, 11) is 0. The van der Waals surface area contributed by atoms with Crippen LogP contribution in [0.2, 0.25) is 0 Å². The maximum atomic E-state index is 12.2. The third-order valence-electron chi connectivity index (χ3n) is 4.49. The van der Waals surface area contributed by atoms with Crippen LogP contribution in [0.15, 0.2) is 48.5 Å². The Labute approximate surface area is 142 Å². The topological polar surface area (TPSA) is 72.2 Å². The van der Waals surface area contributed by atoms with E-state index in [1.807, 2.05) is 36.4 Å². The van der Waals surface area contributed by atoms with Crippen molar-refractivity contribution in [3.05, 3.63) is 65.2 Å². The molecule has 1 amide bonds. The number of amides is 1. The van der Waals surface area contributed by atoms with Gasteiger partial charge in [0.05, 0.1) is 6.04 Å². The van der Waals surface area contributed by atoms with Crippen LogP contribution in [0, 0.1) is 0 Å². The van der Waals surface area contributed by atoms with Gasteiger partial charge in [-0.15, -0.1) is 0 Å². The van der Waals surface area contributed by atoms with Crippen LogP contribution in [0.3, 0.4) is 0 Å². The molecule has 1 unspecified atom stereocenters. The lowest BCUT2D eigenvalue weighted by Gasteiger charge is -2.26. The summed E-state index contributed by atoms with van der Waals surface area (Å²) in [4.78, 5) is 24.3. The Hall–Kier alpha value is -2.62. The first-order valence-corrected chi connectivity index (χ1v) is 8.39. The van der Waals surface area contributed by atoms with E-state index in [0.717, 1.165) is 30.5 Å². The highest BCUT2D eigenvalue weighted by atomic mass is 16.2. The molecule has 0 saturated heterocycles. The Bertz CT molecular complexity index is 741. The Morgan fingerprint density at radius 3 is 2.67 bits per heavy atom. The van der Waals surface area contributed by atoms with Gasteiger partial charge in [-0.2, -0.15) is 0 Å². The Morgan fingerprint density at radius 2 is 1.88 bits per heavy atom. The number of Topliss-reactive ketones (excluding diaryl/α,β-unsaturated/α-hetero) is 1. The number of carbonyl (C=O) groups excluding carboxylic acids is 2. The molecule has 124 valence electrons. The SMILES string of the molecule is Nc1ccc2c(c1)CCCC2NC(=O)CCC(=O)c1ccccc1. The fraction of sp³-hybridized carbons (Fsp3) is 0.300. The lowest BCUT2D eigenvalue weighted by molar-refractivity contribution is -0.121. The quantitative estimate of drug-likeness (QED) is 0.654. The molecule has 3 rings (SSSR count). The molecule has 0 bridgehead atoms. The van der Waals surface area contributed by atoms with E-state index in [0.29, 0.717) is 5.56 Å². The van der Waals surface area contributed by atoms with Gasteiger partial charge >= 0.3 is 0 Å². The maximum Gasteiger partial charge on any atom is 0.220 e. The van der Waals surface area contributed by atoms with Crippen molar-refractivity contribution in [2.24, 2.45) is 0 Å². The van der Waals surface area contributed by atoms with Gasteiger partial charge in [-0.3, -0.25) is 9.59 Å². The molecule has 0 spiro atoms. The Balaban J connectivity index is 1.57. The van der Waals surface area contributed by atoms with E-state index in [1.165, 1.54) is 5.56 Å². The number of anilines is 1. The molecular weight excluding hydrogens is 300 g/mol. The van der Waals surface area contributed by atoms with Gasteiger partial charge in [-0.1, -0.05) is 36.4 Å². The summed E-state index contributed by atoms with van der Waals surface area (Å²) in [5, 5.41) is 3.07. The number of nitrogens with two attached hydrogens (primary N) is 1. The minimum Gasteiger partial charge on any atom is -0.399 e. The molecule has 0 aromatic heterocycles. The molecule has 1 atom stereocenters. The Morgan fingerprint density at radius 1 is 1.08 bits per heavy atom. The third kappa shape index (κ3) is 3.82. The van der Waals surface area contributed by atoms with E-state index in [2.05, 4.69) is 5.32 Å². The van der Waals surface area contributed by atoms with Crippen molar-refractivity contribution < 1.29 is 9.59 Å². The number of carbonyl (C=O) groups is 2. The monoisotopic (exact) mass is 322 g/mol. The molecule has 0 saturated carbocycles. The second-order valence-corrected chi connectivity index (χ2v) is 6.26. The number of nitrogen functional groups attached to an aromatic ring is 1. The fourth-order valence-electron chi connectivity index (χ4n) is 3.25. The normalized spacial score (nSPS) is 16.2. The van der Waals surface area contributed by atoms with Gasteiger partial charge in [0, 0.05) is 24.1 Å². The molecular formula is C20H22N2O2. The number of ketones is 1. The zero-order valence-electron chi connectivity index (χ0n) is 13.6. The molecule has 0 heterocycles. The second-order valence-electron chi connectivity index (χ2n) is 6.26. The number of rotatable bonds is 5. The average molecular weight is 322 g/mol. The van der Waals surface area contributed by atoms with Crippen LogP contribution >= 0.6 is 0 Å². The minimum atomic E-state index is -0.0750. The standard InChI is InChI=1S/C20H22N2O2/c21-16-9-10-17-15(13-16)7-4-8-18(17)22-20(24)12-11-19(23)14-5-2-1-3-6-14/h1-3,5-6,9-10,13,18H,4,7-8,11-12,21H2,(H,22,24). The zero-order valence-corrected chi connectivity index (χ0v) is 13.6. The van der Waals surface area contributed by atoms with Crippen LogP contribution < -0.4 is 11.1 Å². The zero-order chi connectivity index (χ0) is 16.9. The molecule has 2 aromatic rings. The van der Waals surface area contributed by atoms with Crippen LogP contribution in [-0.2, 0) is 11.2 Å². The average Bonchev–Trinajstić information content (AvgIpc) is 2.60. The van der Waals surface area contributed by atoms with Gasteiger partial charge in [-0.25, -0.2) is 0 Å². The number of hydrogen-bond acceptors (Lipinski definition) is 3. The predicted octanol–water partition coefficient (Wildman–Crippen LogP) is 3.43. The van der Waals surface area contributed by atoms with Crippen molar-refractivity contribution in [3.63, 3.8) is 0 Å². The molecule has 4 nitrogen and oxygen atoms in total. The minimum absolute atomic E-state index is 0.00238. The van der Waals surface area contributed by atoms with Crippen LogP contribution in [-0.4, -0.2) is 11.7 Å². The molecule has 4 heteroatoms. The van der Waals surface area contributed by atoms with E-state index < -0.39 is 0 Å². The summed E-state index contributed by atoms with van der Waals surface area (Å²) in [5.41, 5.74) is 9.62. The highest BCUT2D eigenvalue weighted by Gasteiger charge is 2.22. The summed E-state index contributed by atoms with van der Waals surface area (Å²) in [6.07, 6.45) is 3.41. The Kier molecular flexibility index (Phi) is 4.94. The van der Waals surface area contributed by atoms with Gasteiger partial charge in [0.25, 0.3) is 0 Å². The highest BCUT2D eigenvalue weighted by Crippen LogP contribution is 2.31. The van der Waals surface area contributed by atoms with Crippen LogP contribution in [0.1, 0.15) is 53.2 Å². The lowest BCUT2D eigenvalue weighted by atomic mass is 9.87. The molecule has 3 N–H and O–H groups in total. The van der Waals surface area contributed by atoms with E-state index >= 15 is 0 Å². The first kappa shape index (κ1) is 16.2. The maximum absolute atomic E-state index is 12.2. The summed E-state index contributed by atoms with van der Waals surface area (Å²) in [5.74, 6) is -0.0727. The van der Waals surface area contributed by atoms with Gasteiger partial charge in [0.2, 0.25) is 5.91 Å². The summed E-state index contributed by atoms with van der Waals surface area (Å²) < 4.78 is 0. The summed E-state index contributed by atoms with van der Waals surface area (Å²) >= 11 is 0. The fourth-order valence-corrected chi connectivity index (χ4v) is 3.25. The van der Waals surface area contributed by atoms with Gasteiger partial charge < -0.3 is 11.1 Å². The molecule has 0 aliphatic heterocycles. The highest BCUT2D eigenvalue weighted by molar-refractivity contribution is 5.97. The number of aryl methyl sites for hydroxylation is 1. The van der Waals surface area contributed by atoms with E-state index in [4.69, 9.17) is 5.73 Å². The van der Waals surface area contributed by atoms with Gasteiger partial charge in [-0.05, 0) is 42.5 Å². The number of benzene rings is 2.